The molecule has 0 atom stereocenters. The van der Waals surface area contributed by atoms with Gasteiger partial charge in [-0.25, -0.2) is 4.98 Å². The molecule has 0 radical (unpaired) electrons. The Labute approximate surface area is 113 Å². The van der Waals surface area contributed by atoms with Crippen molar-refractivity contribution in [3.05, 3.63) is 36.3 Å². The molecular formula is C14H20N4O. The first kappa shape index (κ1) is 13.4. The summed E-state index contributed by atoms with van der Waals surface area (Å²) < 4.78 is 7.55. The number of aryl methyl sites for hydroxylation is 1. The van der Waals surface area contributed by atoms with Gasteiger partial charge in [0, 0.05) is 38.1 Å². The topological polar surface area (TPSA) is 52.0 Å². The fourth-order valence-corrected chi connectivity index (χ4v) is 1.81. The predicted octanol–water partition coefficient (Wildman–Crippen LogP) is 2.26. The molecule has 19 heavy (non-hydrogen) atoms. The van der Waals surface area contributed by atoms with E-state index in [0.29, 0.717) is 5.88 Å². The number of anilines is 1. The van der Waals surface area contributed by atoms with Crippen LogP contribution in [0.15, 0.2) is 30.6 Å². The molecule has 0 aromatic carbocycles. The van der Waals surface area contributed by atoms with Crippen LogP contribution in [0.5, 0.6) is 5.88 Å². The number of ether oxygens (including phenoxy) is 1. The van der Waals surface area contributed by atoms with Crippen molar-refractivity contribution < 1.29 is 4.74 Å². The number of nitrogens with one attached hydrogen (secondary N) is 1. The first-order valence-corrected chi connectivity index (χ1v) is 6.49. The predicted molar refractivity (Wildman–Crippen MR) is 75.4 cm³/mol. The van der Waals surface area contributed by atoms with Crippen molar-refractivity contribution in [1.29, 1.82) is 0 Å². The molecule has 102 valence electrons. The van der Waals surface area contributed by atoms with Crippen molar-refractivity contribution in [3.63, 3.8) is 0 Å². The van der Waals surface area contributed by atoms with Crippen LogP contribution < -0.4 is 10.1 Å². The van der Waals surface area contributed by atoms with Crippen molar-refractivity contribution >= 4 is 5.69 Å². The van der Waals surface area contributed by atoms with Gasteiger partial charge in [-0.3, -0.25) is 4.68 Å². The summed E-state index contributed by atoms with van der Waals surface area (Å²) in [4.78, 5) is 4.25. The van der Waals surface area contributed by atoms with Crippen molar-refractivity contribution in [2.45, 2.75) is 26.4 Å². The summed E-state index contributed by atoms with van der Waals surface area (Å²) in [5, 5.41) is 7.51. The summed E-state index contributed by atoms with van der Waals surface area (Å²) in [5.41, 5.74) is 2.13. The van der Waals surface area contributed by atoms with E-state index in [1.807, 2.05) is 50.0 Å². The van der Waals surface area contributed by atoms with Gasteiger partial charge in [0.15, 0.2) is 0 Å². The van der Waals surface area contributed by atoms with Crippen LogP contribution in [0.3, 0.4) is 0 Å². The smallest absolute Gasteiger partial charge is 0.237 e. The van der Waals surface area contributed by atoms with E-state index >= 15 is 0 Å². The van der Waals surface area contributed by atoms with Crippen LogP contribution in [-0.4, -0.2) is 27.4 Å². The third-order valence-electron chi connectivity index (χ3n) is 2.74. The van der Waals surface area contributed by atoms with Crippen LogP contribution >= 0.6 is 0 Å². The second-order valence-electron chi connectivity index (χ2n) is 4.65. The van der Waals surface area contributed by atoms with E-state index in [1.54, 1.807) is 6.20 Å². The van der Waals surface area contributed by atoms with Gasteiger partial charge < -0.3 is 10.1 Å². The van der Waals surface area contributed by atoms with E-state index in [0.717, 1.165) is 18.7 Å². The van der Waals surface area contributed by atoms with Crippen LogP contribution in [-0.2, 0) is 13.5 Å². The molecule has 2 heterocycles. The highest BCUT2D eigenvalue weighted by molar-refractivity contribution is 5.52. The molecule has 5 nitrogen and oxygen atoms in total. The first-order chi connectivity index (χ1) is 9.16. The molecule has 0 saturated carbocycles. The second kappa shape index (κ2) is 6.22. The third kappa shape index (κ3) is 3.71. The van der Waals surface area contributed by atoms with Gasteiger partial charge in [-0.2, -0.15) is 5.10 Å². The maximum Gasteiger partial charge on any atom is 0.237 e. The maximum absolute atomic E-state index is 5.67. The molecule has 0 unspecified atom stereocenters. The molecule has 0 bridgehead atoms. The van der Waals surface area contributed by atoms with Gasteiger partial charge in [-0.05, 0) is 32.0 Å². The first-order valence-electron chi connectivity index (χ1n) is 6.49. The largest absolute Gasteiger partial charge is 0.473 e. The van der Waals surface area contributed by atoms with Crippen LogP contribution in [0.1, 0.15) is 19.5 Å². The number of hydrogen-bond donors (Lipinski definition) is 1. The van der Waals surface area contributed by atoms with E-state index in [2.05, 4.69) is 15.4 Å². The molecule has 2 aromatic heterocycles. The number of pyridine rings is 1. The lowest BCUT2D eigenvalue weighted by atomic mass is 10.3. The normalized spacial score (nSPS) is 10.7. The van der Waals surface area contributed by atoms with Gasteiger partial charge in [0.1, 0.15) is 0 Å². The van der Waals surface area contributed by atoms with Crippen LogP contribution in [0.4, 0.5) is 5.69 Å². The Balaban J connectivity index is 1.94. The monoisotopic (exact) mass is 260 g/mol. The van der Waals surface area contributed by atoms with Crippen molar-refractivity contribution in [1.82, 2.24) is 14.8 Å². The highest BCUT2D eigenvalue weighted by Crippen LogP contribution is 2.21. The third-order valence-corrected chi connectivity index (χ3v) is 2.74. The minimum Gasteiger partial charge on any atom is -0.473 e. The number of hydrogen-bond acceptors (Lipinski definition) is 4. The molecule has 0 aliphatic heterocycles. The number of rotatable bonds is 6. The molecule has 0 aliphatic carbocycles. The summed E-state index contributed by atoms with van der Waals surface area (Å²) in [7, 11) is 1.95. The Morgan fingerprint density at radius 3 is 2.84 bits per heavy atom. The zero-order valence-electron chi connectivity index (χ0n) is 11.6. The molecule has 2 aromatic rings. The van der Waals surface area contributed by atoms with E-state index in [-0.39, 0.29) is 6.10 Å². The van der Waals surface area contributed by atoms with Gasteiger partial charge >= 0.3 is 0 Å². The van der Waals surface area contributed by atoms with Gasteiger partial charge in [0.05, 0.1) is 11.8 Å². The number of aromatic nitrogens is 3. The van der Waals surface area contributed by atoms with Crippen molar-refractivity contribution in [3.8, 4) is 5.88 Å². The fraction of sp³-hybridized carbons (Fsp3) is 0.429. The summed E-state index contributed by atoms with van der Waals surface area (Å²) in [6.45, 7) is 4.81. The summed E-state index contributed by atoms with van der Waals surface area (Å²) in [5.74, 6) is 0.655. The molecule has 0 aliphatic rings. The fourth-order valence-electron chi connectivity index (χ4n) is 1.81. The zero-order chi connectivity index (χ0) is 13.7. The molecule has 1 N–H and O–H groups in total. The number of nitrogens with zero attached hydrogens (tertiary/aromatic N) is 3. The van der Waals surface area contributed by atoms with E-state index in [9.17, 15) is 0 Å². The van der Waals surface area contributed by atoms with E-state index in [4.69, 9.17) is 4.74 Å². The van der Waals surface area contributed by atoms with Crippen LogP contribution in [0, 0.1) is 0 Å². The molecule has 0 fully saturated rings. The highest BCUT2D eigenvalue weighted by Gasteiger charge is 2.06. The SMILES string of the molecule is CC(C)Oc1ncccc1NCCc1ccnn1C. The van der Waals surface area contributed by atoms with Crippen LogP contribution in [0.25, 0.3) is 0 Å². The van der Waals surface area contributed by atoms with Crippen molar-refractivity contribution in [2.75, 3.05) is 11.9 Å². The Bertz CT molecular complexity index is 522. The Morgan fingerprint density at radius 2 is 2.16 bits per heavy atom. The Hall–Kier alpha value is -2.04. The zero-order valence-corrected chi connectivity index (χ0v) is 11.6. The van der Waals surface area contributed by atoms with Crippen molar-refractivity contribution in [2.24, 2.45) is 7.05 Å². The molecule has 0 amide bonds. The van der Waals surface area contributed by atoms with Gasteiger partial charge in [-0.15, -0.1) is 0 Å². The van der Waals surface area contributed by atoms with E-state index in [1.165, 1.54) is 5.69 Å². The lowest BCUT2D eigenvalue weighted by Gasteiger charge is -2.14. The molecule has 0 saturated heterocycles. The minimum absolute atomic E-state index is 0.118. The second-order valence-corrected chi connectivity index (χ2v) is 4.65. The molecule has 5 heteroatoms. The molecule has 0 spiro atoms. The van der Waals surface area contributed by atoms with Crippen LogP contribution in [0.2, 0.25) is 0 Å². The summed E-state index contributed by atoms with van der Waals surface area (Å²) in [6.07, 6.45) is 4.58. The summed E-state index contributed by atoms with van der Waals surface area (Å²) in [6, 6.07) is 5.91. The standard InChI is InChI=1S/C14H20N4O/c1-11(2)19-14-13(5-4-8-16-14)15-9-6-12-7-10-17-18(12)3/h4-5,7-8,10-11,15H,6,9H2,1-3H3. The lowest BCUT2D eigenvalue weighted by Crippen LogP contribution is -2.12. The lowest BCUT2D eigenvalue weighted by molar-refractivity contribution is 0.234. The quantitative estimate of drug-likeness (QED) is 0.865. The highest BCUT2D eigenvalue weighted by atomic mass is 16.5. The maximum atomic E-state index is 5.67. The van der Waals surface area contributed by atoms with Gasteiger partial charge in [0.25, 0.3) is 0 Å². The Kier molecular flexibility index (Phi) is 4.39. The summed E-state index contributed by atoms with van der Waals surface area (Å²) >= 11 is 0. The average Bonchev–Trinajstić information content (AvgIpc) is 2.77. The van der Waals surface area contributed by atoms with E-state index < -0.39 is 0 Å². The molecular weight excluding hydrogens is 240 g/mol. The van der Waals surface area contributed by atoms with Gasteiger partial charge in [0.2, 0.25) is 5.88 Å². The average molecular weight is 260 g/mol. The van der Waals surface area contributed by atoms with Gasteiger partial charge in [-0.1, -0.05) is 0 Å². The molecule has 2 rings (SSSR count). The minimum atomic E-state index is 0.118. The Morgan fingerprint density at radius 1 is 1.32 bits per heavy atom.